The van der Waals surface area contributed by atoms with Crippen LogP contribution in [0.3, 0.4) is 0 Å². The maximum Gasteiger partial charge on any atom is 0.229 e. The Morgan fingerprint density at radius 1 is 1.23 bits per heavy atom. The van der Waals surface area contributed by atoms with Crippen molar-refractivity contribution in [1.29, 1.82) is 0 Å². The molecule has 4 nitrogen and oxygen atoms in total. The standard InChI is InChI=1S/C18H24N2O2/c1-18(2,3)20-11-14(10-16(20)21)17(22)19-15-8-7-12-5-4-6-13(12)9-15/h7-9,14H,4-6,10-11H2,1-3H3,(H,19,22)/t14-/m0/s1. The van der Waals surface area contributed by atoms with Gasteiger partial charge in [-0.1, -0.05) is 6.07 Å². The number of hydrogen-bond acceptors (Lipinski definition) is 2. The number of aryl methyl sites for hydroxylation is 2. The first-order valence-electron chi connectivity index (χ1n) is 8.08. The Labute approximate surface area is 131 Å². The minimum absolute atomic E-state index is 0.0435. The third-order valence-electron chi connectivity index (χ3n) is 4.67. The van der Waals surface area contributed by atoms with Gasteiger partial charge in [0.15, 0.2) is 0 Å². The maximum atomic E-state index is 12.4. The predicted molar refractivity (Wildman–Crippen MR) is 86.7 cm³/mol. The van der Waals surface area contributed by atoms with Gasteiger partial charge in [-0.05, 0) is 63.3 Å². The zero-order chi connectivity index (χ0) is 15.9. The number of carbonyl (C=O) groups is 2. The van der Waals surface area contributed by atoms with E-state index in [-0.39, 0.29) is 23.3 Å². The van der Waals surface area contributed by atoms with Crippen LogP contribution in [0, 0.1) is 5.92 Å². The summed E-state index contributed by atoms with van der Waals surface area (Å²) in [6, 6.07) is 6.16. The Morgan fingerprint density at radius 2 is 1.95 bits per heavy atom. The fourth-order valence-corrected chi connectivity index (χ4v) is 3.43. The molecule has 3 rings (SSSR count). The van der Waals surface area contributed by atoms with Crippen molar-refractivity contribution >= 4 is 17.5 Å². The van der Waals surface area contributed by atoms with Gasteiger partial charge in [0.25, 0.3) is 0 Å². The van der Waals surface area contributed by atoms with E-state index in [2.05, 4.69) is 17.4 Å². The van der Waals surface area contributed by atoms with E-state index in [1.165, 1.54) is 17.5 Å². The largest absolute Gasteiger partial charge is 0.337 e. The first-order chi connectivity index (χ1) is 10.3. The van der Waals surface area contributed by atoms with Crippen LogP contribution in [0.4, 0.5) is 5.69 Å². The normalized spacial score (nSPS) is 21.1. The van der Waals surface area contributed by atoms with Crippen LogP contribution in [0.25, 0.3) is 0 Å². The van der Waals surface area contributed by atoms with Crippen molar-refractivity contribution in [2.24, 2.45) is 5.92 Å². The highest BCUT2D eigenvalue weighted by Gasteiger charge is 2.39. The lowest BCUT2D eigenvalue weighted by molar-refractivity contribution is -0.131. The zero-order valence-electron chi connectivity index (χ0n) is 13.6. The number of rotatable bonds is 2. The SMILES string of the molecule is CC(C)(C)N1C[C@@H](C(=O)Nc2ccc3c(c2)CCC3)CC1=O. The molecule has 1 aromatic rings. The summed E-state index contributed by atoms with van der Waals surface area (Å²) in [5.74, 6) is -0.223. The second-order valence-electron chi connectivity index (χ2n) is 7.40. The van der Waals surface area contributed by atoms with Crippen molar-refractivity contribution in [2.75, 3.05) is 11.9 Å². The molecule has 0 bridgehead atoms. The van der Waals surface area contributed by atoms with Gasteiger partial charge in [0.05, 0.1) is 5.92 Å². The number of likely N-dealkylation sites (tertiary alicyclic amines) is 1. The first-order valence-corrected chi connectivity index (χ1v) is 8.08. The molecule has 1 N–H and O–H groups in total. The van der Waals surface area contributed by atoms with Crippen molar-refractivity contribution in [2.45, 2.75) is 52.0 Å². The number of nitrogens with one attached hydrogen (secondary N) is 1. The van der Waals surface area contributed by atoms with Crippen molar-refractivity contribution < 1.29 is 9.59 Å². The zero-order valence-corrected chi connectivity index (χ0v) is 13.6. The average molecular weight is 300 g/mol. The molecule has 2 aliphatic rings. The van der Waals surface area contributed by atoms with Crippen molar-refractivity contribution in [3.8, 4) is 0 Å². The summed E-state index contributed by atoms with van der Waals surface area (Å²) >= 11 is 0. The lowest BCUT2D eigenvalue weighted by Crippen LogP contribution is -2.42. The molecule has 118 valence electrons. The van der Waals surface area contributed by atoms with Gasteiger partial charge in [0.2, 0.25) is 11.8 Å². The molecule has 1 saturated heterocycles. The molecule has 0 saturated carbocycles. The molecular formula is C18H24N2O2. The lowest BCUT2D eigenvalue weighted by Gasteiger charge is -2.31. The highest BCUT2D eigenvalue weighted by atomic mass is 16.2. The summed E-state index contributed by atoms with van der Waals surface area (Å²) < 4.78 is 0. The van der Waals surface area contributed by atoms with Crippen LogP contribution in [0.2, 0.25) is 0 Å². The van der Waals surface area contributed by atoms with Crippen LogP contribution >= 0.6 is 0 Å². The third kappa shape index (κ3) is 2.87. The van der Waals surface area contributed by atoms with Gasteiger partial charge < -0.3 is 10.2 Å². The molecule has 1 aliphatic carbocycles. The molecule has 1 fully saturated rings. The molecule has 1 heterocycles. The highest BCUT2D eigenvalue weighted by molar-refractivity contribution is 5.97. The van der Waals surface area contributed by atoms with Gasteiger partial charge >= 0.3 is 0 Å². The Kier molecular flexibility index (Phi) is 3.71. The van der Waals surface area contributed by atoms with Gasteiger partial charge in [-0.15, -0.1) is 0 Å². The fraction of sp³-hybridized carbons (Fsp3) is 0.556. The average Bonchev–Trinajstić information content (AvgIpc) is 3.03. The molecule has 0 radical (unpaired) electrons. The molecule has 0 aromatic heterocycles. The summed E-state index contributed by atoms with van der Waals surface area (Å²) in [7, 11) is 0. The topological polar surface area (TPSA) is 49.4 Å². The Morgan fingerprint density at radius 3 is 2.64 bits per heavy atom. The Hall–Kier alpha value is -1.84. The van der Waals surface area contributed by atoms with E-state index in [1.807, 2.05) is 26.8 Å². The minimum atomic E-state index is -0.250. The summed E-state index contributed by atoms with van der Waals surface area (Å²) in [5, 5.41) is 2.99. The third-order valence-corrected chi connectivity index (χ3v) is 4.67. The molecule has 2 amide bonds. The van der Waals surface area contributed by atoms with Gasteiger partial charge in [0, 0.05) is 24.2 Å². The summed E-state index contributed by atoms with van der Waals surface area (Å²) in [6.07, 6.45) is 3.75. The smallest absolute Gasteiger partial charge is 0.229 e. The molecule has 0 unspecified atom stereocenters. The minimum Gasteiger partial charge on any atom is -0.337 e. The molecule has 1 atom stereocenters. The van der Waals surface area contributed by atoms with E-state index in [0.717, 1.165) is 18.5 Å². The van der Waals surface area contributed by atoms with Crippen molar-refractivity contribution in [3.63, 3.8) is 0 Å². The van der Waals surface area contributed by atoms with Crippen molar-refractivity contribution in [3.05, 3.63) is 29.3 Å². The van der Waals surface area contributed by atoms with Crippen LogP contribution in [0.15, 0.2) is 18.2 Å². The molecule has 1 aromatic carbocycles. The van der Waals surface area contributed by atoms with Crippen molar-refractivity contribution in [1.82, 2.24) is 4.90 Å². The number of amides is 2. The summed E-state index contributed by atoms with van der Waals surface area (Å²) in [4.78, 5) is 26.3. The van der Waals surface area contributed by atoms with Crippen LogP contribution in [0.5, 0.6) is 0 Å². The Bertz CT molecular complexity index is 616. The number of nitrogens with zero attached hydrogens (tertiary/aromatic N) is 1. The van der Waals surface area contributed by atoms with E-state index in [4.69, 9.17) is 0 Å². The van der Waals surface area contributed by atoms with Gasteiger partial charge in [0.1, 0.15) is 0 Å². The van der Waals surface area contributed by atoms with Crippen LogP contribution in [-0.2, 0) is 22.4 Å². The van der Waals surface area contributed by atoms with E-state index < -0.39 is 0 Å². The van der Waals surface area contributed by atoms with Crippen LogP contribution in [-0.4, -0.2) is 28.8 Å². The fourth-order valence-electron chi connectivity index (χ4n) is 3.43. The summed E-state index contributed by atoms with van der Waals surface area (Å²) in [6.45, 7) is 6.53. The van der Waals surface area contributed by atoms with Crippen LogP contribution in [0.1, 0.15) is 44.7 Å². The molecule has 1 aliphatic heterocycles. The lowest BCUT2D eigenvalue weighted by atomic mass is 10.1. The van der Waals surface area contributed by atoms with Gasteiger partial charge in [-0.25, -0.2) is 0 Å². The highest BCUT2D eigenvalue weighted by Crippen LogP contribution is 2.28. The summed E-state index contributed by atoms with van der Waals surface area (Å²) in [5.41, 5.74) is 3.37. The number of carbonyl (C=O) groups excluding carboxylic acids is 2. The number of anilines is 1. The maximum absolute atomic E-state index is 12.4. The van der Waals surface area contributed by atoms with E-state index >= 15 is 0 Å². The quantitative estimate of drug-likeness (QED) is 0.913. The van der Waals surface area contributed by atoms with E-state index in [0.29, 0.717) is 13.0 Å². The number of fused-ring (bicyclic) bond motifs is 1. The number of hydrogen-bond donors (Lipinski definition) is 1. The van der Waals surface area contributed by atoms with Crippen LogP contribution < -0.4 is 5.32 Å². The molecule has 0 spiro atoms. The van der Waals surface area contributed by atoms with E-state index in [9.17, 15) is 9.59 Å². The number of benzene rings is 1. The second-order valence-corrected chi connectivity index (χ2v) is 7.40. The molecule has 22 heavy (non-hydrogen) atoms. The molecule has 4 heteroatoms. The predicted octanol–water partition coefficient (Wildman–Crippen LogP) is 2.76. The molecular weight excluding hydrogens is 276 g/mol. The first kappa shape index (κ1) is 15.1. The van der Waals surface area contributed by atoms with E-state index in [1.54, 1.807) is 4.90 Å². The van der Waals surface area contributed by atoms with Gasteiger partial charge in [-0.3, -0.25) is 9.59 Å². The monoisotopic (exact) mass is 300 g/mol. The Balaban J connectivity index is 1.67. The second kappa shape index (κ2) is 5.41. The van der Waals surface area contributed by atoms with Gasteiger partial charge in [-0.2, -0.15) is 0 Å².